The number of benzene rings is 2. The van der Waals surface area contributed by atoms with Gasteiger partial charge in [-0.1, -0.05) is 18.2 Å². The highest BCUT2D eigenvalue weighted by Gasteiger charge is 2.28. The molecule has 0 unspecified atom stereocenters. The van der Waals surface area contributed by atoms with Gasteiger partial charge < -0.3 is 10.2 Å². The minimum Gasteiger partial charge on any atom is -0.355 e. The van der Waals surface area contributed by atoms with Crippen molar-refractivity contribution in [2.75, 3.05) is 24.2 Å². The van der Waals surface area contributed by atoms with E-state index >= 15 is 0 Å². The van der Waals surface area contributed by atoms with Gasteiger partial charge in [-0.15, -0.1) is 16.9 Å². The third-order valence-corrected chi connectivity index (χ3v) is 7.18. The molecule has 2 aromatic carbocycles. The maximum atomic E-state index is 14.1. The number of amides is 1. The lowest BCUT2D eigenvalue weighted by Crippen LogP contribution is -2.43. The highest BCUT2D eigenvalue weighted by atomic mass is 32.2. The topological polar surface area (TPSA) is 75.9 Å². The molecule has 0 radical (unpaired) electrons. The molecule has 1 amide bonds. The summed E-state index contributed by atoms with van der Waals surface area (Å²) in [5.41, 5.74) is 2.83. The number of halogens is 1. The van der Waals surface area contributed by atoms with Crippen molar-refractivity contribution in [1.29, 1.82) is 0 Å². The van der Waals surface area contributed by atoms with Crippen LogP contribution in [0.15, 0.2) is 59.9 Å². The normalized spacial score (nSPS) is 16.0. The Balaban J connectivity index is 1.31. The highest BCUT2D eigenvalue weighted by molar-refractivity contribution is 7.98. The van der Waals surface area contributed by atoms with Gasteiger partial charge >= 0.3 is 0 Å². The largest absolute Gasteiger partial charge is 0.355 e. The SMILES string of the molecule is CSc1ccc(CNC(=O)[C@H]2CCCN(c3ncnc4nn(-c5ccc(C)c(F)c5)cc34)C2)cc1. The summed E-state index contributed by atoms with van der Waals surface area (Å²) >= 11 is 1.70. The summed E-state index contributed by atoms with van der Waals surface area (Å²) in [7, 11) is 0. The highest BCUT2D eigenvalue weighted by Crippen LogP contribution is 2.28. The monoisotopic (exact) mass is 490 g/mol. The number of fused-ring (bicyclic) bond motifs is 1. The first-order valence-electron chi connectivity index (χ1n) is 11.6. The number of carbonyl (C=O) groups is 1. The molecule has 0 bridgehead atoms. The van der Waals surface area contributed by atoms with E-state index in [4.69, 9.17) is 0 Å². The molecule has 180 valence electrons. The van der Waals surface area contributed by atoms with Crippen LogP contribution >= 0.6 is 11.8 Å². The Morgan fingerprint density at radius 1 is 1.20 bits per heavy atom. The standard InChI is InChI=1S/C26H27FN6OS/c1-17-5-8-20(12-23(17)27)33-15-22-24(31-33)29-16-30-25(22)32-11-3-4-19(14-32)26(34)28-13-18-6-9-21(35-2)10-7-18/h5-10,12,15-16,19H,3-4,11,13-14H2,1-2H3,(H,28,34)/t19-/m0/s1. The fourth-order valence-corrected chi connectivity index (χ4v) is 4.80. The lowest BCUT2D eigenvalue weighted by Gasteiger charge is -2.33. The van der Waals surface area contributed by atoms with Crippen LogP contribution in [-0.2, 0) is 11.3 Å². The van der Waals surface area contributed by atoms with E-state index in [1.165, 1.54) is 17.3 Å². The van der Waals surface area contributed by atoms with Crippen molar-refractivity contribution in [3.63, 3.8) is 0 Å². The van der Waals surface area contributed by atoms with Gasteiger partial charge in [-0.05, 0) is 61.4 Å². The first-order valence-corrected chi connectivity index (χ1v) is 12.9. The van der Waals surface area contributed by atoms with Crippen molar-refractivity contribution in [2.45, 2.75) is 31.2 Å². The second kappa shape index (κ2) is 10.0. The Morgan fingerprint density at radius 3 is 2.80 bits per heavy atom. The van der Waals surface area contributed by atoms with Crippen molar-refractivity contribution in [1.82, 2.24) is 25.1 Å². The lowest BCUT2D eigenvalue weighted by atomic mass is 9.97. The number of nitrogens with one attached hydrogen (secondary N) is 1. The van der Waals surface area contributed by atoms with Gasteiger partial charge in [-0.25, -0.2) is 19.0 Å². The number of rotatable bonds is 6. The molecule has 0 spiro atoms. The number of hydrogen-bond donors (Lipinski definition) is 1. The van der Waals surface area contributed by atoms with Gasteiger partial charge in [0.15, 0.2) is 5.65 Å². The minimum atomic E-state index is -0.279. The molecule has 1 aliphatic heterocycles. The van der Waals surface area contributed by atoms with Crippen LogP contribution in [-0.4, -0.2) is 45.0 Å². The second-order valence-corrected chi connectivity index (χ2v) is 9.67. The molecule has 1 aliphatic rings. The molecular formula is C26H27FN6OS. The second-order valence-electron chi connectivity index (χ2n) is 8.79. The maximum Gasteiger partial charge on any atom is 0.225 e. The molecule has 1 N–H and O–H groups in total. The number of nitrogens with zero attached hydrogens (tertiary/aromatic N) is 5. The first kappa shape index (κ1) is 23.3. The zero-order valence-electron chi connectivity index (χ0n) is 19.7. The zero-order valence-corrected chi connectivity index (χ0v) is 20.6. The summed E-state index contributed by atoms with van der Waals surface area (Å²) in [6.45, 7) is 3.62. The van der Waals surface area contributed by atoms with Crippen molar-refractivity contribution < 1.29 is 9.18 Å². The number of aromatic nitrogens is 4. The minimum absolute atomic E-state index is 0.0553. The van der Waals surface area contributed by atoms with Crippen LogP contribution in [0, 0.1) is 18.7 Å². The summed E-state index contributed by atoms with van der Waals surface area (Å²) in [6, 6.07) is 13.3. The molecular weight excluding hydrogens is 463 g/mol. The Kier molecular flexibility index (Phi) is 6.68. The number of aryl methyl sites for hydroxylation is 1. The van der Waals surface area contributed by atoms with Gasteiger partial charge in [-0.2, -0.15) is 0 Å². The van der Waals surface area contributed by atoms with Gasteiger partial charge in [0, 0.05) is 30.7 Å². The van der Waals surface area contributed by atoms with Gasteiger partial charge in [0.05, 0.1) is 17.0 Å². The molecule has 35 heavy (non-hydrogen) atoms. The number of anilines is 1. The molecule has 1 fully saturated rings. The van der Waals surface area contributed by atoms with E-state index in [-0.39, 0.29) is 17.6 Å². The number of hydrogen-bond acceptors (Lipinski definition) is 6. The van der Waals surface area contributed by atoms with Crippen LogP contribution in [0.25, 0.3) is 16.7 Å². The van der Waals surface area contributed by atoms with Crippen LogP contribution in [0.1, 0.15) is 24.0 Å². The molecule has 5 rings (SSSR count). The summed E-state index contributed by atoms with van der Waals surface area (Å²) in [4.78, 5) is 25.1. The van der Waals surface area contributed by atoms with Gasteiger partial charge in [-0.3, -0.25) is 4.79 Å². The van der Waals surface area contributed by atoms with Crippen LogP contribution in [0.2, 0.25) is 0 Å². The fourth-order valence-electron chi connectivity index (χ4n) is 4.39. The van der Waals surface area contributed by atoms with E-state index in [9.17, 15) is 9.18 Å². The molecule has 0 saturated carbocycles. The number of thioether (sulfide) groups is 1. The average Bonchev–Trinajstić information content (AvgIpc) is 3.34. The average molecular weight is 491 g/mol. The van der Waals surface area contributed by atoms with Gasteiger partial charge in [0.25, 0.3) is 0 Å². The van der Waals surface area contributed by atoms with Crippen LogP contribution < -0.4 is 10.2 Å². The lowest BCUT2D eigenvalue weighted by molar-refractivity contribution is -0.125. The van der Waals surface area contributed by atoms with Crippen molar-refractivity contribution in [3.8, 4) is 5.69 Å². The smallest absolute Gasteiger partial charge is 0.225 e. The van der Waals surface area contributed by atoms with E-state index in [0.29, 0.717) is 30.0 Å². The van der Waals surface area contributed by atoms with Crippen molar-refractivity contribution in [3.05, 3.63) is 71.9 Å². The third kappa shape index (κ3) is 5.00. The van der Waals surface area contributed by atoms with Gasteiger partial charge in [0.1, 0.15) is 18.0 Å². The van der Waals surface area contributed by atoms with Crippen LogP contribution in [0.4, 0.5) is 10.2 Å². The zero-order chi connectivity index (χ0) is 24.4. The molecule has 1 saturated heterocycles. The number of carbonyl (C=O) groups excluding carboxylic acids is 1. The van der Waals surface area contributed by atoms with Crippen LogP contribution in [0.5, 0.6) is 0 Å². The van der Waals surface area contributed by atoms with E-state index in [1.54, 1.807) is 29.4 Å². The Hall–Kier alpha value is -3.46. The van der Waals surface area contributed by atoms with E-state index in [1.807, 2.05) is 18.5 Å². The summed E-state index contributed by atoms with van der Waals surface area (Å²) in [5, 5.41) is 8.40. The van der Waals surface area contributed by atoms with Gasteiger partial charge in [0.2, 0.25) is 5.91 Å². The predicted octanol–water partition coefficient (Wildman–Crippen LogP) is 4.52. The van der Waals surface area contributed by atoms with E-state index in [0.717, 1.165) is 36.2 Å². The third-order valence-electron chi connectivity index (χ3n) is 6.43. The molecule has 4 aromatic rings. The van der Waals surface area contributed by atoms with Crippen molar-refractivity contribution in [2.24, 2.45) is 5.92 Å². The van der Waals surface area contributed by atoms with Crippen molar-refractivity contribution >= 4 is 34.5 Å². The number of piperidine rings is 1. The summed E-state index contributed by atoms with van der Waals surface area (Å²) in [5.74, 6) is 0.401. The van der Waals surface area contributed by atoms with Crippen LogP contribution in [0.3, 0.4) is 0 Å². The fraction of sp³-hybridized carbons (Fsp3) is 0.308. The quantitative estimate of drug-likeness (QED) is 0.401. The Labute approximate surface area is 207 Å². The predicted molar refractivity (Wildman–Crippen MR) is 136 cm³/mol. The summed E-state index contributed by atoms with van der Waals surface area (Å²) < 4.78 is 15.7. The first-order chi connectivity index (χ1) is 17.0. The molecule has 7 nitrogen and oxygen atoms in total. The Morgan fingerprint density at radius 2 is 2.03 bits per heavy atom. The molecule has 2 aromatic heterocycles. The molecule has 3 heterocycles. The Bertz CT molecular complexity index is 1360. The van der Waals surface area contributed by atoms with E-state index < -0.39 is 0 Å². The molecule has 1 atom stereocenters. The summed E-state index contributed by atoms with van der Waals surface area (Å²) in [6.07, 6.45) is 7.10. The maximum absolute atomic E-state index is 14.1. The van der Waals surface area contributed by atoms with E-state index in [2.05, 4.69) is 49.5 Å². The molecule has 0 aliphatic carbocycles. The molecule has 9 heteroatoms.